The summed E-state index contributed by atoms with van der Waals surface area (Å²) >= 11 is 0. The molecule has 1 aliphatic heterocycles. The molecule has 0 saturated heterocycles. The Balaban J connectivity index is 0.00000562. The molecule has 0 fully saturated rings. The molecular formula is C61H57N4OPt-3. The maximum absolute atomic E-state index is 6.72. The van der Waals surface area contributed by atoms with Crippen LogP contribution in [-0.4, -0.2) is 9.55 Å². The van der Waals surface area contributed by atoms with Crippen molar-refractivity contribution in [3.8, 4) is 39.6 Å². The third-order valence-electron chi connectivity index (χ3n) is 13.0. The van der Waals surface area contributed by atoms with E-state index in [1.807, 2.05) is 24.4 Å². The fourth-order valence-corrected chi connectivity index (χ4v) is 9.05. The Morgan fingerprint density at radius 3 is 1.91 bits per heavy atom. The van der Waals surface area contributed by atoms with Crippen molar-refractivity contribution >= 4 is 44.6 Å². The summed E-state index contributed by atoms with van der Waals surface area (Å²) in [5.74, 6) is 2.02. The van der Waals surface area contributed by atoms with Crippen LogP contribution >= 0.6 is 0 Å². The van der Waals surface area contributed by atoms with E-state index >= 15 is 0 Å². The van der Waals surface area contributed by atoms with Gasteiger partial charge in [0.2, 0.25) is 0 Å². The number of ether oxygens (including phenoxy) is 1. The number of nitrogens with zero attached hydrogens (tertiary/aromatic N) is 4. The molecule has 0 unspecified atom stereocenters. The summed E-state index contributed by atoms with van der Waals surface area (Å²) < 4.78 is 8.94. The van der Waals surface area contributed by atoms with Crippen LogP contribution in [0.2, 0.25) is 0 Å². The van der Waals surface area contributed by atoms with Crippen LogP contribution in [0, 0.1) is 25.7 Å². The number of rotatable bonds is 7. The number of aryl methyl sites for hydroxylation is 1. The normalized spacial score (nSPS) is 13.0. The first-order valence-corrected chi connectivity index (χ1v) is 23.0. The summed E-state index contributed by atoms with van der Waals surface area (Å²) in [6, 6.07) is 61.6. The molecule has 3 heterocycles. The van der Waals surface area contributed by atoms with Gasteiger partial charge >= 0.3 is 0 Å². The number of hydrogen-bond acceptors (Lipinski definition) is 4. The van der Waals surface area contributed by atoms with Crippen LogP contribution in [0.3, 0.4) is 0 Å². The summed E-state index contributed by atoms with van der Waals surface area (Å²) in [5, 5.41) is 2.20. The van der Waals surface area contributed by atoms with Crippen LogP contribution in [0.1, 0.15) is 84.6 Å². The Morgan fingerprint density at radius 2 is 1.19 bits per heavy atom. The predicted octanol–water partition coefficient (Wildman–Crippen LogP) is 16.5. The van der Waals surface area contributed by atoms with Crippen molar-refractivity contribution in [2.24, 2.45) is 0 Å². The van der Waals surface area contributed by atoms with Gasteiger partial charge in [0, 0.05) is 66.9 Å². The van der Waals surface area contributed by atoms with Crippen molar-refractivity contribution in [1.29, 1.82) is 0 Å². The number of aromatic nitrogens is 2. The van der Waals surface area contributed by atoms with Gasteiger partial charge < -0.3 is 19.1 Å². The van der Waals surface area contributed by atoms with Gasteiger partial charge in [-0.1, -0.05) is 153 Å². The first-order valence-electron chi connectivity index (χ1n) is 23.0. The van der Waals surface area contributed by atoms with Gasteiger partial charge in [0.05, 0.1) is 0 Å². The summed E-state index contributed by atoms with van der Waals surface area (Å²) in [6.07, 6.45) is 2.01. The van der Waals surface area contributed by atoms with E-state index < -0.39 is 0 Å². The maximum atomic E-state index is 6.72. The van der Waals surface area contributed by atoms with Crippen LogP contribution < -0.4 is 14.5 Å². The number of pyridine rings is 1. The average Bonchev–Trinajstić information content (AvgIpc) is 3.84. The SMILES string of the molecule is Cc1cc(-n2c3[c-]c(Oc4[c-]c(N5[CH-]N(c6cccc(C(C)(C)C)c6)c6cc(C(C)(C)C)ccc65)ccc4)ccc3c3cc(-c4ccccc4)ccc32)ncc1-c1ccc(C(C)(C)C)cc1.[Pt]. The number of anilines is 4. The Morgan fingerprint density at radius 1 is 0.522 bits per heavy atom. The molecule has 5 nitrogen and oxygen atoms in total. The molecule has 0 atom stereocenters. The van der Waals surface area contributed by atoms with Crippen LogP contribution in [0.15, 0.2) is 158 Å². The Bertz CT molecular complexity index is 3270. The van der Waals surface area contributed by atoms with E-state index in [0.29, 0.717) is 11.5 Å². The molecule has 0 saturated carbocycles. The van der Waals surface area contributed by atoms with E-state index in [2.05, 4.69) is 236 Å². The number of hydrogen-bond donors (Lipinski definition) is 0. The molecule has 10 rings (SSSR count). The molecule has 9 aromatic rings. The molecule has 1 aliphatic rings. The van der Waals surface area contributed by atoms with Crippen molar-refractivity contribution in [3.63, 3.8) is 0 Å². The minimum Gasteiger partial charge on any atom is -0.509 e. The fraction of sp³-hybridized carbons (Fsp3) is 0.213. The van der Waals surface area contributed by atoms with E-state index in [-0.39, 0.29) is 37.3 Å². The van der Waals surface area contributed by atoms with Crippen molar-refractivity contribution < 1.29 is 25.8 Å². The van der Waals surface area contributed by atoms with Crippen LogP contribution in [0.5, 0.6) is 11.5 Å². The number of benzene rings is 7. The zero-order valence-electron chi connectivity index (χ0n) is 40.1. The Labute approximate surface area is 411 Å². The topological polar surface area (TPSA) is 33.5 Å². The molecule has 0 N–H and O–H groups in total. The van der Waals surface area contributed by atoms with Gasteiger partial charge in [-0.05, 0) is 104 Å². The van der Waals surface area contributed by atoms with Crippen molar-refractivity contribution in [2.45, 2.75) is 85.5 Å². The largest absolute Gasteiger partial charge is 0.509 e. The first-order chi connectivity index (χ1) is 31.5. The molecule has 0 amide bonds. The molecular weight excluding hydrogens is 1000 g/mol. The van der Waals surface area contributed by atoms with Gasteiger partial charge in [0.25, 0.3) is 0 Å². The molecule has 0 aliphatic carbocycles. The second-order valence-corrected chi connectivity index (χ2v) is 20.8. The predicted molar refractivity (Wildman–Crippen MR) is 276 cm³/mol. The quantitative estimate of drug-likeness (QED) is 0.149. The van der Waals surface area contributed by atoms with Crippen molar-refractivity contribution in [3.05, 3.63) is 199 Å². The van der Waals surface area contributed by atoms with Gasteiger partial charge in [0.1, 0.15) is 5.82 Å². The maximum Gasteiger partial charge on any atom is 0.135 e. The molecule has 6 heteroatoms. The van der Waals surface area contributed by atoms with Crippen LogP contribution in [0.25, 0.3) is 49.9 Å². The fourth-order valence-electron chi connectivity index (χ4n) is 9.05. The van der Waals surface area contributed by atoms with Crippen LogP contribution in [0.4, 0.5) is 22.7 Å². The molecule has 67 heavy (non-hydrogen) atoms. The zero-order chi connectivity index (χ0) is 46.1. The summed E-state index contributed by atoms with van der Waals surface area (Å²) in [7, 11) is 0. The van der Waals surface area contributed by atoms with E-state index in [4.69, 9.17) is 9.72 Å². The Hall–Kier alpha value is -6.42. The van der Waals surface area contributed by atoms with Crippen molar-refractivity contribution in [1.82, 2.24) is 9.55 Å². The summed E-state index contributed by atoms with van der Waals surface area (Å²) in [6.45, 7) is 24.7. The van der Waals surface area contributed by atoms with E-state index in [1.165, 1.54) is 22.3 Å². The van der Waals surface area contributed by atoms with Gasteiger partial charge in [-0.2, -0.15) is 12.1 Å². The van der Waals surface area contributed by atoms with Gasteiger partial charge in [-0.15, -0.1) is 48.1 Å². The second kappa shape index (κ2) is 17.3. The second-order valence-electron chi connectivity index (χ2n) is 20.8. The Kier molecular flexibility index (Phi) is 11.8. The van der Waals surface area contributed by atoms with Crippen molar-refractivity contribution in [2.75, 3.05) is 9.80 Å². The molecule has 0 bridgehead atoms. The molecule has 0 radical (unpaired) electrons. The number of fused-ring (bicyclic) bond motifs is 4. The zero-order valence-corrected chi connectivity index (χ0v) is 42.4. The smallest absolute Gasteiger partial charge is 0.135 e. The third-order valence-corrected chi connectivity index (χ3v) is 13.0. The van der Waals surface area contributed by atoms with Gasteiger partial charge in [-0.25, -0.2) is 4.98 Å². The minimum absolute atomic E-state index is 0. The average molecular weight is 1060 g/mol. The molecule has 7 aromatic carbocycles. The third kappa shape index (κ3) is 8.83. The van der Waals surface area contributed by atoms with E-state index in [9.17, 15) is 0 Å². The van der Waals surface area contributed by atoms with E-state index in [1.54, 1.807) is 0 Å². The summed E-state index contributed by atoms with van der Waals surface area (Å²) in [4.78, 5) is 9.66. The van der Waals surface area contributed by atoms with E-state index in [0.717, 1.165) is 72.6 Å². The van der Waals surface area contributed by atoms with Gasteiger partial charge in [0.15, 0.2) is 0 Å². The van der Waals surface area contributed by atoms with Crippen LogP contribution in [-0.2, 0) is 37.3 Å². The molecule has 2 aromatic heterocycles. The summed E-state index contributed by atoms with van der Waals surface area (Å²) in [5.41, 5.74) is 15.9. The molecule has 0 spiro atoms. The molecule has 340 valence electrons. The van der Waals surface area contributed by atoms with Gasteiger partial charge in [-0.3, -0.25) is 0 Å². The first kappa shape index (κ1) is 45.7. The standard InChI is InChI=1S/C61H57N4O.Pt/c1-40-32-58(62-38-53(40)42-22-25-44(26-23-42)59(2,3)4)65-54-30-24-43(41-16-12-11-13-17-41)33-52(54)51-29-28-50(37-56(51)65)66-49-21-15-20-48(36-49)63-39-64(47-19-14-18-45(34-47)60(5,6)7)57-35-46(61(8,9)10)27-31-55(57)63;/h11-35,38-39H,1-10H3;/q-3;. The monoisotopic (exact) mass is 1060 g/mol. The minimum atomic E-state index is -0.00792.